The van der Waals surface area contributed by atoms with Crippen molar-refractivity contribution in [1.29, 1.82) is 0 Å². The second-order valence-electron chi connectivity index (χ2n) is 4.12. The maximum Gasteiger partial charge on any atom is 0.251 e. The summed E-state index contributed by atoms with van der Waals surface area (Å²) in [5.74, 6) is 1.76. The van der Waals surface area contributed by atoms with Crippen LogP contribution < -0.4 is 10.1 Å². The van der Waals surface area contributed by atoms with Gasteiger partial charge in [-0.2, -0.15) is 11.8 Å². The Kier molecular flexibility index (Phi) is 6.65. The number of carbonyl (C=O) groups excluding carboxylic acids is 1. The Morgan fingerprint density at radius 3 is 2.94 bits per heavy atom. The molecule has 100 valence electrons. The molecule has 0 heterocycles. The van der Waals surface area contributed by atoms with Crippen LogP contribution >= 0.6 is 11.8 Å². The first-order valence-corrected chi connectivity index (χ1v) is 7.59. The second-order valence-corrected chi connectivity index (χ2v) is 5.10. The summed E-state index contributed by atoms with van der Waals surface area (Å²) in [6.07, 6.45) is 3.05. The van der Waals surface area contributed by atoms with Crippen molar-refractivity contribution >= 4 is 17.7 Å². The lowest BCUT2D eigenvalue weighted by atomic mass is 10.1. The number of nitrogens with one attached hydrogen (secondary N) is 1. The maximum absolute atomic E-state index is 12.0. The van der Waals surface area contributed by atoms with Crippen LogP contribution in [0.5, 0.6) is 5.75 Å². The number of thioether (sulfide) groups is 1. The first-order valence-electron chi connectivity index (χ1n) is 6.20. The largest absolute Gasteiger partial charge is 0.494 e. The van der Waals surface area contributed by atoms with Crippen molar-refractivity contribution in [3.05, 3.63) is 29.8 Å². The van der Waals surface area contributed by atoms with Gasteiger partial charge in [-0.25, -0.2) is 0 Å². The van der Waals surface area contributed by atoms with Crippen LogP contribution in [0, 0.1) is 0 Å². The molecule has 3 nitrogen and oxygen atoms in total. The van der Waals surface area contributed by atoms with Gasteiger partial charge in [0.2, 0.25) is 0 Å². The van der Waals surface area contributed by atoms with Gasteiger partial charge in [0.1, 0.15) is 5.75 Å². The van der Waals surface area contributed by atoms with Crippen LogP contribution in [-0.4, -0.2) is 30.6 Å². The molecule has 4 heteroatoms. The minimum Gasteiger partial charge on any atom is -0.494 e. The summed E-state index contributed by atoms with van der Waals surface area (Å²) in [7, 11) is 0. The highest BCUT2D eigenvalue weighted by molar-refractivity contribution is 7.98. The van der Waals surface area contributed by atoms with E-state index in [4.69, 9.17) is 4.74 Å². The normalized spacial score (nSPS) is 11.9. The topological polar surface area (TPSA) is 38.3 Å². The molecular weight excluding hydrogens is 246 g/mol. The Hall–Kier alpha value is -1.16. The number of amides is 1. The smallest absolute Gasteiger partial charge is 0.251 e. The number of carbonyl (C=O) groups is 1. The van der Waals surface area contributed by atoms with E-state index in [2.05, 4.69) is 11.6 Å². The number of benzene rings is 1. The van der Waals surface area contributed by atoms with Crippen LogP contribution in [0.15, 0.2) is 24.3 Å². The molecule has 0 saturated heterocycles. The molecular formula is C14H21NO2S. The Morgan fingerprint density at radius 1 is 1.50 bits per heavy atom. The highest BCUT2D eigenvalue weighted by atomic mass is 32.2. The third-order valence-corrected chi connectivity index (χ3v) is 3.18. The number of ether oxygens (including phenoxy) is 1. The van der Waals surface area contributed by atoms with Gasteiger partial charge in [0.15, 0.2) is 0 Å². The molecule has 0 radical (unpaired) electrons. The summed E-state index contributed by atoms with van der Waals surface area (Å²) in [6, 6.07) is 7.48. The van der Waals surface area contributed by atoms with Crippen molar-refractivity contribution in [2.24, 2.45) is 0 Å². The molecule has 1 unspecified atom stereocenters. The molecule has 0 spiro atoms. The second kappa shape index (κ2) is 8.03. The van der Waals surface area contributed by atoms with E-state index in [0.717, 1.165) is 17.9 Å². The van der Waals surface area contributed by atoms with Crippen molar-refractivity contribution in [3.63, 3.8) is 0 Å². The number of rotatable bonds is 7. The summed E-state index contributed by atoms with van der Waals surface area (Å²) in [5.41, 5.74) is 0.650. The van der Waals surface area contributed by atoms with Gasteiger partial charge in [0.05, 0.1) is 6.61 Å². The van der Waals surface area contributed by atoms with Gasteiger partial charge in [-0.1, -0.05) is 6.07 Å². The minimum absolute atomic E-state index is 0.0369. The fraction of sp³-hybridized carbons (Fsp3) is 0.500. The lowest BCUT2D eigenvalue weighted by molar-refractivity contribution is 0.0939. The molecule has 1 aromatic carbocycles. The Labute approximate surface area is 113 Å². The average molecular weight is 267 g/mol. The predicted molar refractivity (Wildman–Crippen MR) is 77.5 cm³/mol. The molecule has 1 rings (SSSR count). The number of hydrogen-bond acceptors (Lipinski definition) is 3. The molecule has 0 aliphatic carbocycles. The van der Waals surface area contributed by atoms with E-state index < -0.39 is 0 Å². The molecule has 0 aliphatic rings. The highest BCUT2D eigenvalue weighted by Gasteiger charge is 2.10. The lowest BCUT2D eigenvalue weighted by Gasteiger charge is -2.13. The van der Waals surface area contributed by atoms with Gasteiger partial charge < -0.3 is 10.1 Å². The van der Waals surface area contributed by atoms with Crippen LogP contribution in [0.25, 0.3) is 0 Å². The standard InChI is InChI=1S/C14H21NO2S/c1-4-17-13-7-5-6-12(10-13)14(16)15-11(2)8-9-18-3/h5-7,10-11H,4,8-9H2,1-3H3,(H,15,16). The average Bonchev–Trinajstić information content (AvgIpc) is 2.37. The van der Waals surface area contributed by atoms with Crippen LogP contribution in [0.4, 0.5) is 0 Å². The molecule has 0 fully saturated rings. The van der Waals surface area contributed by atoms with Gasteiger partial charge in [0, 0.05) is 11.6 Å². The van der Waals surface area contributed by atoms with Crippen molar-refractivity contribution in [2.75, 3.05) is 18.6 Å². The van der Waals surface area contributed by atoms with Gasteiger partial charge >= 0.3 is 0 Å². The lowest BCUT2D eigenvalue weighted by Crippen LogP contribution is -2.32. The van der Waals surface area contributed by atoms with Crippen molar-refractivity contribution in [2.45, 2.75) is 26.3 Å². The zero-order chi connectivity index (χ0) is 13.4. The van der Waals surface area contributed by atoms with E-state index in [-0.39, 0.29) is 11.9 Å². The third-order valence-electron chi connectivity index (χ3n) is 2.54. The van der Waals surface area contributed by atoms with Crippen molar-refractivity contribution < 1.29 is 9.53 Å². The molecule has 0 saturated carbocycles. The molecule has 1 N–H and O–H groups in total. The summed E-state index contributed by atoms with van der Waals surface area (Å²) < 4.78 is 5.38. The van der Waals surface area contributed by atoms with E-state index in [1.807, 2.05) is 26.0 Å². The zero-order valence-corrected chi connectivity index (χ0v) is 12.0. The van der Waals surface area contributed by atoms with Gasteiger partial charge in [-0.05, 0) is 50.5 Å². The molecule has 0 aliphatic heterocycles. The summed E-state index contributed by atoms with van der Waals surface area (Å²) in [5, 5.41) is 2.99. The minimum atomic E-state index is -0.0369. The SMILES string of the molecule is CCOc1cccc(C(=O)NC(C)CCSC)c1. The first kappa shape index (κ1) is 14.9. The number of hydrogen-bond donors (Lipinski definition) is 1. The molecule has 0 aromatic heterocycles. The van der Waals surface area contributed by atoms with E-state index in [1.54, 1.807) is 23.9 Å². The van der Waals surface area contributed by atoms with E-state index in [9.17, 15) is 4.79 Å². The Bertz CT molecular complexity index is 382. The zero-order valence-electron chi connectivity index (χ0n) is 11.2. The summed E-state index contributed by atoms with van der Waals surface area (Å²) in [4.78, 5) is 12.0. The van der Waals surface area contributed by atoms with Gasteiger partial charge in [-0.15, -0.1) is 0 Å². The van der Waals surface area contributed by atoms with Crippen LogP contribution in [-0.2, 0) is 0 Å². The molecule has 18 heavy (non-hydrogen) atoms. The van der Waals surface area contributed by atoms with E-state index >= 15 is 0 Å². The maximum atomic E-state index is 12.0. The van der Waals surface area contributed by atoms with Gasteiger partial charge in [-0.3, -0.25) is 4.79 Å². The van der Waals surface area contributed by atoms with Crippen molar-refractivity contribution in [1.82, 2.24) is 5.32 Å². The Morgan fingerprint density at radius 2 is 2.28 bits per heavy atom. The summed E-state index contributed by atoms with van der Waals surface area (Å²) in [6.45, 7) is 4.56. The fourth-order valence-electron chi connectivity index (χ4n) is 1.57. The van der Waals surface area contributed by atoms with Crippen LogP contribution in [0.1, 0.15) is 30.6 Å². The fourth-order valence-corrected chi connectivity index (χ4v) is 2.16. The molecule has 1 aromatic rings. The van der Waals surface area contributed by atoms with Crippen molar-refractivity contribution in [3.8, 4) is 5.75 Å². The van der Waals surface area contributed by atoms with Crippen LogP contribution in [0.2, 0.25) is 0 Å². The predicted octanol–water partition coefficient (Wildman–Crippen LogP) is 2.96. The first-order chi connectivity index (χ1) is 8.67. The summed E-state index contributed by atoms with van der Waals surface area (Å²) >= 11 is 1.79. The third kappa shape index (κ3) is 5.00. The highest BCUT2D eigenvalue weighted by Crippen LogP contribution is 2.13. The van der Waals surface area contributed by atoms with Crippen LogP contribution in [0.3, 0.4) is 0 Å². The molecule has 0 bridgehead atoms. The quantitative estimate of drug-likeness (QED) is 0.825. The molecule has 1 amide bonds. The Balaban J connectivity index is 2.57. The molecule has 1 atom stereocenters. The van der Waals surface area contributed by atoms with E-state index in [0.29, 0.717) is 12.2 Å². The van der Waals surface area contributed by atoms with Gasteiger partial charge in [0.25, 0.3) is 5.91 Å². The van der Waals surface area contributed by atoms with E-state index in [1.165, 1.54) is 0 Å². The monoisotopic (exact) mass is 267 g/mol.